The van der Waals surface area contributed by atoms with E-state index >= 15 is 0 Å². The Morgan fingerprint density at radius 2 is 1.86 bits per heavy atom. The standard InChI is InChI=1S/C31H45N9O15P2S/c1-4-5-6-22(41)37-17(8-10-58-16(2)3)30(43)54-26-20(53-29(25(26)42)40-15-36-24-27(33)34-14-35-28(24)40)13-51-57(48,49)55-18-11-23(39-9-7-21(32)38-31(39)44)52-19(18)12-50-56(45,46)47/h4,7,9-10,14-20,23,25-26,29,42,58H,1,5-6,8,11-13H2,2-3H3,(H,37,41)(H,48,49)(H2,32,38,44)(H2,33,34,35)(H2,45,46,47)/t17?,18-,19+,20-,23+,25+,26+,29+/m0/s1. The number of aromatic nitrogens is 6. The largest absolute Gasteiger partial charge is 0.472 e. The molecule has 5 rings (SSSR count). The number of hydrogen-bond acceptors (Lipinski definition) is 18. The highest BCUT2D eigenvalue weighted by Gasteiger charge is 2.50. The van der Waals surface area contributed by atoms with Crippen LogP contribution in [0.4, 0.5) is 11.6 Å². The second kappa shape index (κ2) is 19.4. The van der Waals surface area contributed by atoms with Crippen LogP contribution in [-0.2, 0) is 46.5 Å². The number of fused-ring (bicyclic) bond motifs is 1. The maximum absolute atomic E-state index is 13.7. The third-order valence-corrected chi connectivity index (χ3v) is 11.1. The second-order valence-corrected chi connectivity index (χ2v) is 17.6. The first-order valence-electron chi connectivity index (χ1n) is 17.6. The number of amides is 1. The summed E-state index contributed by atoms with van der Waals surface area (Å²) in [7, 11) is -10.3. The molecule has 0 aromatic carbocycles. The minimum Gasteiger partial charge on any atom is -0.455 e. The summed E-state index contributed by atoms with van der Waals surface area (Å²) >= 11 is 0.877. The van der Waals surface area contributed by atoms with E-state index in [0.717, 1.165) is 22.2 Å². The Labute approximate surface area is 333 Å². The molecule has 3 aromatic heterocycles. The van der Waals surface area contributed by atoms with Crippen molar-refractivity contribution in [2.24, 2.45) is 0 Å². The van der Waals surface area contributed by atoms with E-state index in [1.54, 1.807) is 11.4 Å². The lowest BCUT2D eigenvalue weighted by atomic mass is 10.1. The smallest absolute Gasteiger partial charge is 0.455 e. The maximum Gasteiger partial charge on any atom is 0.472 e. The number of carbonyl (C=O) groups excluding carboxylic acids is 2. The maximum atomic E-state index is 13.7. The average molecular weight is 878 g/mol. The summed E-state index contributed by atoms with van der Waals surface area (Å²) in [6.45, 7) is 5.81. The van der Waals surface area contributed by atoms with E-state index in [1.165, 1.54) is 23.2 Å². The van der Waals surface area contributed by atoms with Gasteiger partial charge < -0.3 is 50.8 Å². The summed E-state index contributed by atoms with van der Waals surface area (Å²) < 4.78 is 60.0. The van der Waals surface area contributed by atoms with Gasteiger partial charge in [-0.3, -0.25) is 27.5 Å². The van der Waals surface area contributed by atoms with Gasteiger partial charge in [0, 0.05) is 25.5 Å². The van der Waals surface area contributed by atoms with Crippen LogP contribution in [-0.4, -0.2) is 121 Å². The van der Waals surface area contributed by atoms with Crippen LogP contribution in [0.5, 0.6) is 0 Å². The molecule has 3 aromatic rings. The molecule has 27 heteroatoms. The zero-order valence-corrected chi connectivity index (χ0v) is 33.8. The first-order valence-corrected chi connectivity index (χ1v) is 21.7. The summed E-state index contributed by atoms with van der Waals surface area (Å²) in [6.07, 6.45) is -4.99. The van der Waals surface area contributed by atoms with Gasteiger partial charge in [-0.15, -0.1) is 6.58 Å². The van der Waals surface area contributed by atoms with Crippen molar-refractivity contribution < 1.29 is 66.3 Å². The lowest BCUT2D eigenvalue weighted by Crippen LogP contribution is -2.46. The number of aliphatic hydroxyl groups excluding tert-OH is 1. The van der Waals surface area contributed by atoms with Gasteiger partial charge in [0.1, 0.15) is 54.3 Å². The molecule has 58 heavy (non-hydrogen) atoms. The molecule has 9 atom stereocenters. The molecule has 2 fully saturated rings. The van der Waals surface area contributed by atoms with Crippen molar-refractivity contribution in [1.82, 2.24) is 34.4 Å². The summed E-state index contributed by atoms with van der Waals surface area (Å²) in [5.74, 6) is -1.50. The van der Waals surface area contributed by atoms with Crippen LogP contribution < -0.4 is 22.5 Å². The SMILES string of the molecule is C=CCCC(=O)NC(CC=[SH]C(C)C)C(=O)O[C@H]1[C@@H](O)[C@H](n2cnc3c(N)ncnc32)O[C@H]1COP(=O)(O)O[C@H]1C[C@H](n2ccc(N)nc2=O)O[C@@H]1COP(=O)(O)O. The van der Waals surface area contributed by atoms with E-state index in [-0.39, 0.29) is 47.3 Å². The van der Waals surface area contributed by atoms with Crippen molar-refractivity contribution in [2.45, 2.75) is 93.8 Å². The van der Waals surface area contributed by atoms with Crippen LogP contribution in [0.25, 0.3) is 11.2 Å². The van der Waals surface area contributed by atoms with Gasteiger partial charge >= 0.3 is 27.3 Å². The molecule has 0 saturated carbocycles. The highest BCUT2D eigenvalue weighted by Crippen LogP contribution is 2.50. The molecule has 0 spiro atoms. The van der Waals surface area contributed by atoms with Gasteiger partial charge in [0.15, 0.2) is 23.8 Å². The molecule has 2 unspecified atom stereocenters. The number of allylic oxidation sites excluding steroid dienone is 1. The molecule has 0 aliphatic carbocycles. The fourth-order valence-corrected chi connectivity index (χ4v) is 7.96. The number of phosphoric acid groups is 2. The van der Waals surface area contributed by atoms with Crippen molar-refractivity contribution in [3.63, 3.8) is 0 Å². The Bertz CT molecular complexity index is 2130. The number of thiol groups is 1. The first-order chi connectivity index (χ1) is 27.4. The number of nitrogens with one attached hydrogen (secondary N) is 1. The van der Waals surface area contributed by atoms with Gasteiger partial charge in [0.05, 0.1) is 19.5 Å². The molecule has 24 nitrogen and oxygen atoms in total. The molecular formula is C31H45N9O15P2S. The van der Waals surface area contributed by atoms with Gasteiger partial charge in [-0.2, -0.15) is 4.98 Å². The normalized spacial score (nSPS) is 25.4. The second-order valence-electron chi connectivity index (χ2n) is 13.3. The molecule has 2 saturated heterocycles. The van der Waals surface area contributed by atoms with E-state index in [0.29, 0.717) is 6.42 Å². The quantitative estimate of drug-likeness (QED) is 0.0255. The molecular weight excluding hydrogens is 832 g/mol. The number of anilines is 2. The van der Waals surface area contributed by atoms with Gasteiger partial charge in [0.2, 0.25) is 5.91 Å². The topological polar surface area (TPSA) is 347 Å². The molecule has 0 radical (unpaired) electrons. The number of rotatable bonds is 19. The van der Waals surface area contributed by atoms with Crippen LogP contribution >= 0.6 is 27.0 Å². The molecule has 2 aliphatic heterocycles. The van der Waals surface area contributed by atoms with Crippen molar-refractivity contribution in [2.75, 3.05) is 24.7 Å². The number of nitrogens with zero attached hydrogens (tertiary/aromatic N) is 6. The Hall–Kier alpha value is -3.97. The van der Waals surface area contributed by atoms with E-state index < -0.39 is 95.4 Å². The Kier molecular flexibility index (Phi) is 15.1. The molecule has 0 bridgehead atoms. The number of imidazole rings is 1. The summed E-state index contributed by atoms with van der Waals surface area (Å²) in [6, 6.07) is 0.0840. The molecule has 1 amide bonds. The fraction of sp³-hybridized carbons (Fsp3) is 0.548. The lowest BCUT2D eigenvalue weighted by Gasteiger charge is -2.25. The van der Waals surface area contributed by atoms with Crippen LogP contribution in [0.15, 0.2) is 42.4 Å². The van der Waals surface area contributed by atoms with Gasteiger partial charge in [-0.1, -0.05) is 25.3 Å². The minimum atomic E-state index is -5.19. The lowest BCUT2D eigenvalue weighted by molar-refractivity contribution is -0.159. The Balaban J connectivity index is 1.38. The van der Waals surface area contributed by atoms with Crippen LogP contribution in [0.3, 0.4) is 0 Å². The summed E-state index contributed by atoms with van der Waals surface area (Å²) in [5, 5.41) is 16.2. The predicted molar refractivity (Wildman–Crippen MR) is 206 cm³/mol. The molecule has 5 heterocycles. The summed E-state index contributed by atoms with van der Waals surface area (Å²) in [5.41, 5.74) is 10.9. The van der Waals surface area contributed by atoms with E-state index in [2.05, 4.69) is 36.4 Å². The zero-order chi connectivity index (χ0) is 42.4. The number of hydrogen-bond donors (Lipinski definition) is 8. The molecule has 2 aliphatic rings. The summed E-state index contributed by atoms with van der Waals surface area (Å²) in [4.78, 5) is 84.2. The van der Waals surface area contributed by atoms with Crippen molar-refractivity contribution in [1.29, 1.82) is 0 Å². The highest BCUT2D eigenvalue weighted by molar-refractivity contribution is 7.98. The minimum absolute atomic E-state index is 0.0182. The van der Waals surface area contributed by atoms with Crippen LogP contribution in [0, 0.1) is 0 Å². The van der Waals surface area contributed by atoms with Gasteiger partial charge in [-0.05, 0) is 17.7 Å². The highest BCUT2D eigenvalue weighted by atomic mass is 32.1. The monoisotopic (exact) mass is 877 g/mol. The van der Waals surface area contributed by atoms with E-state index in [4.69, 9.17) is 34.7 Å². The van der Waals surface area contributed by atoms with E-state index in [1.807, 2.05) is 13.8 Å². The number of carbonyl (C=O) groups is 2. The number of nitrogens with two attached hydrogens (primary N) is 2. The van der Waals surface area contributed by atoms with Crippen molar-refractivity contribution in [3.05, 3.63) is 48.1 Å². The zero-order valence-electron chi connectivity index (χ0n) is 31.1. The third-order valence-electron chi connectivity index (χ3n) is 8.58. The number of phosphoric ester groups is 2. The van der Waals surface area contributed by atoms with Crippen molar-refractivity contribution >= 4 is 67.0 Å². The number of ether oxygens (including phenoxy) is 3. The van der Waals surface area contributed by atoms with Gasteiger partial charge in [0.25, 0.3) is 0 Å². The fourth-order valence-electron chi connectivity index (χ4n) is 5.91. The predicted octanol–water partition coefficient (Wildman–Crippen LogP) is -0.166. The first kappa shape index (κ1) is 45.1. The Morgan fingerprint density at radius 3 is 2.55 bits per heavy atom. The number of esters is 1. The third kappa shape index (κ3) is 11.8. The van der Waals surface area contributed by atoms with Crippen molar-refractivity contribution in [3.8, 4) is 0 Å². The molecule has 320 valence electrons. The number of nitrogen functional groups attached to an aromatic ring is 2. The van der Waals surface area contributed by atoms with E-state index in [9.17, 15) is 43.3 Å². The Morgan fingerprint density at radius 1 is 1.12 bits per heavy atom. The molecule has 9 N–H and O–H groups in total. The van der Waals surface area contributed by atoms with Crippen LogP contribution in [0.1, 0.15) is 52.0 Å². The van der Waals surface area contributed by atoms with Gasteiger partial charge in [-0.25, -0.2) is 45.0 Å². The average Bonchev–Trinajstić information content (AvgIpc) is 3.83. The van der Waals surface area contributed by atoms with Crippen LogP contribution in [0.2, 0.25) is 0 Å². The number of aliphatic hydroxyl groups is 1.